The van der Waals surface area contributed by atoms with Gasteiger partial charge in [-0.1, -0.05) is 15.9 Å². The Morgan fingerprint density at radius 2 is 2.07 bits per heavy atom. The molecular weight excluding hydrogens is 244 g/mol. The minimum absolute atomic E-state index is 0.0837. The van der Waals surface area contributed by atoms with Crippen LogP contribution in [0.2, 0.25) is 0 Å². The summed E-state index contributed by atoms with van der Waals surface area (Å²) >= 11 is 3.38. The minimum Gasteiger partial charge on any atom is -0.282 e. The molecular formula is C10H11BrN2O. The lowest BCUT2D eigenvalue weighted by Crippen LogP contribution is -2.36. The Bertz CT molecular complexity index is 350. The fourth-order valence-corrected chi connectivity index (χ4v) is 1.83. The first-order chi connectivity index (χ1) is 6.66. The summed E-state index contributed by atoms with van der Waals surface area (Å²) in [5.41, 5.74) is 3.84. The molecule has 1 atom stereocenters. The SMILES string of the molecule is CC1CC(=O)NN1c1ccc(Br)cc1. The first-order valence-corrected chi connectivity index (χ1v) is 5.30. The number of hydrogen-bond acceptors (Lipinski definition) is 2. The van der Waals surface area contributed by atoms with Crippen molar-refractivity contribution in [3.8, 4) is 0 Å². The first-order valence-electron chi connectivity index (χ1n) is 4.51. The molecule has 1 amide bonds. The summed E-state index contributed by atoms with van der Waals surface area (Å²) in [5.74, 6) is 0.0837. The van der Waals surface area contributed by atoms with Crippen LogP contribution in [-0.2, 0) is 4.79 Å². The van der Waals surface area contributed by atoms with Gasteiger partial charge in [0.25, 0.3) is 0 Å². The van der Waals surface area contributed by atoms with Gasteiger partial charge in [0.05, 0.1) is 18.2 Å². The van der Waals surface area contributed by atoms with Crippen LogP contribution in [0.5, 0.6) is 0 Å². The van der Waals surface area contributed by atoms with E-state index in [-0.39, 0.29) is 11.9 Å². The van der Waals surface area contributed by atoms with E-state index in [4.69, 9.17) is 0 Å². The Kier molecular flexibility index (Phi) is 2.46. The molecule has 1 saturated heterocycles. The van der Waals surface area contributed by atoms with Crippen molar-refractivity contribution in [1.82, 2.24) is 5.43 Å². The zero-order valence-corrected chi connectivity index (χ0v) is 9.41. The molecule has 1 fully saturated rings. The average molecular weight is 255 g/mol. The molecule has 1 aromatic rings. The molecule has 0 saturated carbocycles. The van der Waals surface area contributed by atoms with Gasteiger partial charge in [-0.25, -0.2) is 0 Å². The fraction of sp³-hybridized carbons (Fsp3) is 0.300. The molecule has 1 unspecified atom stereocenters. The van der Waals surface area contributed by atoms with E-state index in [2.05, 4.69) is 21.4 Å². The van der Waals surface area contributed by atoms with Crippen LogP contribution in [0, 0.1) is 0 Å². The Hall–Kier alpha value is -1.03. The van der Waals surface area contributed by atoms with Crippen molar-refractivity contribution in [2.75, 3.05) is 5.01 Å². The highest BCUT2D eigenvalue weighted by Crippen LogP contribution is 2.22. The molecule has 1 aliphatic heterocycles. The molecule has 3 nitrogen and oxygen atoms in total. The predicted octanol–water partition coefficient (Wildman–Crippen LogP) is 2.08. The highest BCUT2D eigenvalue weighted by atomic mass is 79.9. The number of nitrogens with one attached hydrogen (secondary N) is 1. The van der Waals surface area contributed by atoms with Crippen molar-refractivity contribution < 1.29 is 4.79 Å². The van der Waals surface area contributed by atoms with Gasteiger partial charge < -0.3 is 0 Å². The topological polar surface area (TPSA) is 32.3 Å². The third-order valence-corrected chi connectivity index (χ3v) is 2.80. The van der Waals surface area contributed by atoms with E-state index in [1.54, 1.807) is 0 Å². The number of hydrazine groups is 1. The molecule has 1 N–H and O–H groups in total. The van der Waals surface area contributed by atoms with E-state index >= 15 is 0 Å². The second-order valence-corrected chi connectivity index (χ2v) is 4.35. The number of amides is 1. The Balaban J connectivity index is 2.23. The number of nitrogens with zero attached hydrogens (tertiary/aromatic N) is 1. The summed E-state index contributed by atoms with van der Waals surface area (Å²) in [6.07, 6.45) is 0.566. The molecule has 0 spiro atoms. The van der Waals surface area contributed by atoms with Gasteiger partial charge in [0.1, 0.15) is 0 Å². The number of carbonyl (C=O) groups is 1. The van der Waals surface area contributed by atoms with E-state index in [0.29, 0.717) is 6.42 Å². The second-order valence-electron chi connectivity index (χ2n) is 3.43. The van der Waals surface area contributed by atoms with E-state index in [1.807, 2.05) is 36.2 Å². The molecule has 14 heavy (non-hydrogen) atoms. The number of anilines is 1. The lowest BCUT2D eigenvalue weighted by Gasteiger charge is -2.22. The Morgan fingerprint density at radius 3 is 2.57 bits per heavy atom. The number of hydrogen-bond donors (Lipinski definition) is 1. The predicted molar refractivity (Wildman–Crippen MR) is 58.8 cm³/mol. The van der Waals surface area contributed by atoms with Crippen LogP contribution >= 0.6 is 15.9 Å². The first kappa shape index (κ1) is 9.52. The molecule has 0 bridgehead atoms. The van der Waals surface area contributed by atoms with Crippen LogP contribution in [0.25, 0.3) is 0 Å². The van der Waals surface area contributed by atoms with Gasteiger partial charge in [-0.05, 0) is 31.2 Å². The third kappa shape index (κ3) is 1.75. The van der Waals surface area contributed by atoms with Crippen LogP contribution in [0.3, 0.4) is 0 Å². The van der Waals surface area contributed by atoms with Crippen molar-refractivity contribution in [3.05, 3.63) is 28.7 Å². The maximum absolute atomic E-state index is 11.1. The van der Waals surface area contributed by atoms with Crippen molar-refractivity contribution in [1.29, 1.82) is 0 Å². The average Bonchev–Trinajstić information content (AvgIpc) is 2.47. The van der Waals surface area contributed by atoms with Gasteiger partial charge in [0, 0.05) is 4.47 Å². The lowest BCUT2D eigenvalue weighted by molar-refractivity contribution is -0.119. The van der Waals surface area contributed by atoms with Gasteiger partial charge in [0.2, 0.25) is 5.91 Å². The van der Waals surface area contributed by atoms with Gasteiger partial charge in [-0.15, -0.1) is 0 Å². The standard InChI is InChI=1S/C10H11BrN2O/c1-7-6-10(14)12-13(7)9-4-2-8(11)3-5-9/h2-5,7H,6H2,1H3,(H,12,14). The van der Waals surface area contributed by atoms with Gasteiger partial charge in [0.15, 0.2) is 0 Å². The normalized spacial score (nSPS) is 21.1. The van der Waals surface area contributed by atoms with Crippen molar-refractivity contribution >= 4 is 27.5 Å². The van der Waals surface area contributed by atoms with Crippen molar-refractivity contribution in [2.45, 2.75) is 19.4 Å². The lowest BCUT2D eigenvalue weighted by atomic mass is 10.2. The number of carbonyl (C=O) groups excluding carboxylic acids is 1. The largest absolute Gasteiger partial charge is 0.282 e. The number of benzene rings is 1. The minimum atomic E-state index is 0.0837. The molecule has 1 heterocycles. The van der Waals surface area contributed by atoms with Crippen molar-refractivity contribution in [2.24, 2.45) is 0 Å². The van der Waals surface area contributed by atoms with Crippen LogP contribution in [-0.4, -0.2) is 11.9 Å². The summed E-state index contributed by atoms with van der Waals surface area (Å²) in [6.45, 7) is 2.03. The zero-order valence-electron chi connectivity index (χ0n) is 7.83. The Morgan fingerprint density at radius 1 is 1.43 bits per heavy atom. The molecule has 2 rings (SSSR count). The summed E-state index contributed by atoms with van der Waals surface area (Å²) in [6, 6.07) is 8.11. The third-order valence-electron chi connectivity index (χ3n) is 2.27. The fourth-order valence-electron chi connectivity index (χ4n) is 1.57. The van der Waals surface area contributed by atoms with Crippen LogP contribution in [0.4, 0.5) is 5.69 Å². The van der Waals surface area contributed by atoms with E-state index < -0.39 is 0 Å². The Labute approximate surface area is 91.2 Å². The van der Waals surface area contributed by atoms with E-state index in [0.717, 1.165) is 10.2 Å². The molecule has 1 aromatic carbocycles. The van der Waals surface area contributed by atoms with Gasteiger partial charge in [-0.2, -0.15) is 0 Å². The van der Waals surface area contributed by atoms with Crippen LogP contribution in [0.15, 0.2) is 28.7 Å². The molecule has 74 valence electrons. The summed E-state index contributed by atoms with van der Waals surface area (Å²) < 4.78 is 1.04. The molecule has 0 aromatic heterocycles. The molecule has 4 heteroatoms. The monoisotopic (exact) mass is 254 g/mol. The summed E-state index contributed by atoms with van der Waals surface area (Å²) in [5, 5.41) is 1.90. The number of halogens is 1. The van der Waals surface area contributed by atoms with Crippen LogP contribution < -0.4 is 10.4 Å². The van der Waals surface area contributed by atoms with E-state index in [1.165, 1.54) is 0 Å². The van der Waals surface area contributed by atoms with Crippen molar-refractivity contribution in [3.63, 3.8) is 0 Å². The smallest absolute Gasteiger partial charge is 0.240 e. The molecule has 0 radical (unpaired) electrons. The summed E-state index contributed by atoms with van der Waals surface area (Å²) in [4.78, 5) is 11.1. The zero-order chi connectivity index (χ0) is 10.1. The highest BCUT2D eigenvalue weighted by molar-refractivity contribution is 9.10. The van der Waals surface area contributed by atoms with E-state index in [9.17, 15) is 4.79 Å². The second kappa shape index (κ2) is 3.61. The highest BCUT2D eigenvalue weighted by Gasteiger charge is 2.26. The summed E-state index contributed by atoms with van der Waals surface area (Å²) in [7, 11) is 0. The van der Waals surface area contributed by atoms with Crippen LogP contribution in [0.1, 0.15) is 13.3 Å². The van der Waals surface area contributed by atoms with Gasteiger partial charge in [-0.3, -0.25) is 15.2 Å². The molecule has 1 aliphatic rings. The maximum atomic E-state index is 11.1. The number of rotatable bonds is 1. The quantitative estimate of drug-likeness (QED) is 0.833. The van der Waals surface area contributed by atoms with Gasteiger partial charge >= 0.3 is 0 Å². The molecule has 0 aliphatic carbocycles. The maximum Gasteiger partial charge on any atom is 0.240 e.